The van der Waals surface area contributed by atoms with Gasteiger partial charge in [-0.25, -0.2) is 0 Å². The average Bonchev–Trinajstić information content (AvgIpc) is 2.09. The van der Waals surface area contributed by atoms with Crippen molar-refractivity contribution in [3.8, 4) is 0 Å². The number of ether oxygens (including phenoxy) is 2. The predicted molar refractivity (Wildman–Crippen MR) is 48.4 cm³/mol. The lowest BCUT2D eigenvalue weighted by atomic mass is 10.2. The van der Waals surface area contributed by atoms with Crippen LogP contribution in [-0.2, 0) is 14.3 Å². The lowest BCUT2D eigenvalue weighted by molar-refractivity contribution is -0.144. The SMILES string of the molecule is COCCCCC(O)COC(C)=O. The van der Waals surface area contributed by atoms with E-state index in [-0.39, 0.29) is 12.6 Å². The van der Waals surface area contributed by atoms with Gasteiger partial charge in [-0.1, -0.05) is 0 Å². The van der Waals surface area contributed by atoms with E-state index >= 15 is 0 Å². The second kappa shape index (κ2) is 8.01. The van der Waals surface area contributed by atoms with Crippen LogP contribution in [0.3, 0.4) is 0 Å². The molecule has 0 bridgehead atoms. The smallest absolute Gasteiger partial charge is 0.302 e. The van der Waals surface area contributed by atoms with Gasteiger partial charge in [0.15, 0.2) is 0 Å². The summed E-state index contributed by atoms with van der Waals surface area (Å²) >= 11 is 0. The summed E-state index contributed by atoms with van der Waals surface area (Å²) < 4.78 is 9.50. The van der Waals surface area contributed by atoms with E-state index in [4.69, 9.17) is 4.74 Å². The Morgan fingerprint density at radius 1 is 1.46 bits per heavy atom. The molecule has 0 aliphatic carbocycles. The molecule has 0 rings (SSSR count). The molecule has 0 radical (unpaired) electrons. The second-order valence-electron chi connectivity index (χ2n) is 2.94. The Kier molecular flexibility index (Phi) is 7.63. The summed E-state index contributed by atoms with van der Waals surface area (Å²) in [5.74, 6) is -0.351. The summed E-state index contributed by atoms with van der Waals surface area (Å²) in [5, 5.41) is 9.28. The number of methoxy groups -OCH3 is 1. The summed E-state index contributed by atoms with van der Waals surface area (Å²) in [7, 11) is 1.65. The highest BCUT2D eigenvalue weighted by Gasteiger charge is 2.05. The van der Waals surface area contributed by atoms with Gasteiger partial charge in [0.2, 0.25) is 0 Å². The fourth-order valence-electron chi connectivity index (χ4n) is 0.923. The molecule has 78 valence electrons. The molecule has 0 saturated heterocycles. The molecule has 0 aliphatic heterocycles. The van der Waals surface area contributed by atoms with Crippen molar-refractivity contribution in [2.75, 3.05) is 20.3 Å². The molecule has 0 aliphatic rings. The largest absolute Gasteiger partial charge is 0.463 e. The van der Waals surface area contributed by atoms with Gasteiger partial charge < -0.3 is 14.6 Å². The Labute approximate surface area is 78.8 Å². The van der Waals surface area contributed by atoms with Gasteiger partial charge in [0.25, 0.3) is 0 Å². The Morgan fingerprint density at radius 3 is 2.69 bits per heavy atom. The van der Waals surface area contributed by atoms with Gasteiger partial charge in [-0.05, 0) is 19.3 Å². The number of hydrogen-bond acceptors (Lipinski definition) is 4. The van der Waals surface area contributed by atoms with Crippen molar-refractivity contribution in [3.05, 3.63) is 0 Å². The number of aliphatic hydroxyl groups is 1. The Morgan fingerprint density at radius 2 is 2.15 bits per heavy atom. The van der Waals surface area contributed by atoms with Crippen LogP contribution in [0.15, 0.2) is 0 Å². The first kappa shape index (κ1) is 12.4. The summed E-state index contributed by atoms with van der Waals surface area (Å²) in [4.78, 5) is 10.4. The van der Waals surface area contributed by atoms with E-state index in [0.29, 0.717) is 13.0 Å². The Hall–Kier alpha value is -0.610. The van der Waals surface area contributed by atoms with Gasteiger partial charge in [-0.2, -0.15) is 0 Å². The first-order valence-electron chi connectivity index (χ1n) is 4.47. The zero-order chi connectivity index (χ0) is 10.1. The van der Waals surface area contributed by atoms with E-state index in [1.165, 1.54) is 6.92 Å². The molecular formula is C9H18O4. The maximum absolute atomic E-state index is 10.4. The summed E-state index contributed by atoms with van der Waals surface area (Å²) in [6.07, 6.45) is 1.92. The van der Waals surface area contributed by atoms with Gasteiger partial charge in [-0.3, -0.25) is 4.79 Å². The second-order valence-corrected chi connectivity index (χ2v) is 2.94. The quantitative estimate of drug-likeness (QED) is 0.475. The van der Waals surface area contributed by atoms with Gasteiger partial charge in [0, 0.05) is 20.6 Å². The van der Waals surface area contributed by atoms with Crippen molar-refractivity contribution < 1.29 is 19.4 Å². The molecule has 4 heteroatoms. The fraction of sp³-hybridized carbons (Fsp3) is 0.889. The lowest BCUT2D eigenvalue weighted by Gasteiger charge is -2.09. The lowest BCUT2D eigenvalue weighted by Crippen LogP contribution is -2.17. The summed E-state index contributed by atoms with van der Waals surface area (Å²) in [6.45, 7) is 2.14. The number of unbranched alkanes of at least 4 members (excludes halogenated alkanes) is 1. The maximum Gasteiger partial charge on any atom is 0.302 e. The van der Waals surface area contributed by atoms with Crippen molar-refractivity contribution >= 4 is 5.97 Å². The number of aliphatic hydroxyl groups excluding tert-OH is 1. The minimum Gasteiger partial charge on any atom is -0.463 e. The fourth-order valence-corrected chi connectivity index (χ4v) is 0.923. The predicted octanol–water partition coefficient (Wildman–Crippen LogP) is 0.727. The standard InChI is InChI=1S/C9H18O4/c1-8(10)13-7-9(11)5-3-4-6-12-2/h9,11H,3-7H2,1-2H3. The highest BCUT2D eigenvalue weighted by molar-refractivity contribution is 5.65. The van der Waals surface area contributed by atoms with Crippen LogP contribution in [0.4, 0.5) is 0 Å². The first-order chi connectivity index (χ1) is 6.16. The topological polar surface area (TPSA) is 55.8 Å². The number of rotatable bonds is 7. The van der Waals surface area contributed by atoms with Gasteiger partial charge >= 0.3 is 5.97 Å². The van der Waals surface area contributed by atoms with Crippen LogP contribution >= 0.6 is 0 Å². The molecule has 0 heterocycles. The molecule has 0 aromatic heterocycles. The molecule has 0 amide bonds. The van der Waals surface area contributed by atoms with Crippen LogP contribution in [-0.4, -0.2) is 37.5 Å². The first-order valence-corrected chi connectivity index (χ1v) is 4.47. The van der Waals surface area contributed by atoms with Gasteiger partial charge in [0.05, 0.1) is 6.10 Å². The van der Waals surface area contributed by atoms with Crippen LogP contribution in [0.5, 0.6) is 0 Å². The summed E-state index contributed by atoms with van der Waals surface area (Å²) in [6, 6.07) is 0. The monoisotopic (exact) mass is 190 g/mol. The van der Waals surface area contributed by atoms with Crippen molar-refractivity contribution in [2.24, 2.45) is 0 Å². The molecule has 1 atom stereocenters. The zero-order valence-corrected chi connectivity index (χ0v) is 8.28. The van der Waals surface area contributed by atoms with Crippen LogP contribution in [0.2, 0.25) is 0 Å². The highest BCUT2D eigenvalue weighted by atomic mass is 16.5. The van der Waals surface area contributed by atoms with Crippen LogP contribution < -0.4 is 0 Å². The van der Waals surface area contributed by atoms with E-state index < -0.39 is 6.10 Å². The number of esters is 1. The molecule has 13 heavy (non-hydrogen) atoms. The number of hydrogen-bond donors (Lipinski definition) is 1. The minimum absolute atomic E-state index is 0.0995. The molecule has 0 spiro atoms. The third-order valence-electron chi connectivity index (χ3n) is 1.61. The molecule has 0 aromatic carbocycles. The van der Waals surface area contributed by atoms with Crippen molar-refractivity contribution in [3.63, 3.8) is 0 Å². The van der Waals surface area contributed by atoms with Crippen LogP contribution in [0.1, 0.15) is 26.2 Å². The van der Waals surface area contributed by atoms with E-state index in [9.17, 15) is 9.90 Å². The summed E-state index contributed by atoms with van der Waals surface area (Å²) in [5.41, 5.74) is 0. The Balaban J connectivity index is 3.19. The minimum atomic E-state index is -0.541. The maximum atomic E-state index is 10.4. The zero-order valence-electron chi connectivity index (χ0n) is 8.28. The van der Waals surface area contributed by atoms with Crippen LogP contribution in [0, 0.1) is 0 Å². The van der Waals surface area contributed by atoms with Crippen molar-refractivity contribution in [2.45, 2.75) is 32.3 Å². The molecule has 4 nitrogen and oxygen atoms in total. The van der Waals surface area contributed by atoms with E-state index in [2.05, 4.69) is 4.74 Å². The highest BCUT2D eigenvalue weighted by Crippen LogP contribution is 2.01. The molecule has 0 saturated carbocycles. The van der Waals surface area contributed by atoms with E-state index in [1.807, 2.05) is 0 Å². The van der Waals surface area contributed by atoms with E-state index in [1.54, 1.807) is 7.11 Å². The molecule has 1 unspecified atom stereocenters. The van der Waals surface area contributed by atoms with Crippen LogP contribution in [0.25, 0.3) is 0 Å². The number of carbonyl (C=O) groups is 1. The van der Waals surface area contributed by atoms with Gasteiger partial charge in [-0.15, -0.1) is 0 Å². The van der Waals surface area contributed by atoms with Gasteiger partial charge in [0.1, 0.15) is 6.61 Å². The molecule has 1 N–H and O–H groups in total. The average molecular weight is 190 g/mol. The molecular weight excluding hydrogens is 172 g/mol. The normalized spacial score (nSPS) is 12.5. The number of carbonyl (C=O) groups excluding carboxylic acids is 1. The Bertz CT molecular complexity index is 136. The third kappa shape index (κ3) is 9.30. The van der Waals surface area contributed by atoms with Crippen molar-refractivity contribution in [1.82, 2.24) is 0 Å². The van der Waals surface area contributed by atoms with Crippen molar-refractivity contribution in [1.29, 1.82) is 0 Å². The third-order valence-corrected chi connectivity index (χ3v) is 1.61. The molecule has 0 aromatic rings. The van der Waals surface area contributed by atoms with E-state index in [0.717, 1.165) is 12.8 Å². The molecule has 0 fully saturated rings.